The number of nitrogens with one attached hydrogen (secondary N) is 3. The van der Waals surface area contributed by atoms with Crippen LogP contribution in [0.2, 0.25) is 0 Å². The van der Waals surface area contributed by atoms with Crippen LogP contribution in [0.5, 0.6) is 0 Å². The maximum Gasteiger partial charge on any atom is 0.237 e. The minimum absolute atomic E-state index is 0.0344. The van der Waals surface area contributed by atoms with Crippen molar-refractivity contribution in [2.24, 2.45) is 0 Å². The number of rotatable bonds is 6. The molecule has 1 aliphatic heterocycles. The van der Waals surface area contributed by atoms with Crippen LogP contribution in [0.1, 0.15) is 18.4 Å². The van der Waals surface area contributed by atoms with Gasteiger partial charge in [-0.15, -0.1) is 0 Å². The van der Waals surface area contributed by atoms with Crippen LogP contribution < -0.4 is 16.0 Å². The van der Waals surface area contributed by atoms with E-state index in [0.29, 0.717) is 13.1 Å². The van der Waals surface area contributed by atoms with Gasteiger partial charge in [-0.25, -0.2) is 0 Å². The fourth-order valence-corrected chi connectivity index (χ4v) is 2.61. The van der Waals surface area contributed by atoms with Crippen LogP contribution in [0.15, 0.2) is 41.0 Å². The highest BCUT2D eigenvalue weighted by Crippen LogP contribution is 2.11. The molecule has 0 spiro atoms. The molecular weight excluding hydrogens is 318 g/mol. The van der Waals surface area contributed by atoms with Gasteiger partial charge in [0, 0.05) is 16.7 Å². The molecule has 0 aromatic heterocycles. The summed E-state index contributed by atoms with van der Waals surface area (Å²) in [6.45, 7) is 6.03. The summed E-state index contributed by atoms with van der Waals surface area (Å²) in [4.78, 5) is 11.8. The molecule has 4 nitrogen and oxygen atoms in total. The monoisotopic (exact) mass is 337 g/mol. The summed E-state index contributed by atoms with van der Waals surface area (Å²) in [5, 5.41) is 9.30. The van der Waals surface area contributed by atoms with E-state index in [4.69, 9.17) is 0 Å². The standard InChI is InChI=1S/C15H20BrN3O/c1-11(9-19-15(20)14-6-3-7-17-14)18-10-12-4-2-5-13(16)8-12/h2,4-5,8,14,17-18H,1,3,6-7,9-10H2,(H,19,20)/t14-/m0/s1. The predicted molar refractivity (Wildman–Crippen MR) is 84.2 cm³/mol. The van der Waals surface area contributed by atoms with Crippen molar-refractivity contribution in [1.82, 2.24) is 16.0 Å². The quantitative estimate of drug-likeness (QED) is 0.743. The number of hydrogen-bond acceptors (Lipinski definition) is 3. The lowest BCUT2D eigenvalue weighted by Gasteiger charge is -2.14. The average Bonchev–Trinajstić information content (AvgIpc) is 2.97. The lowest BCUT2D eigenvalue weighted by molar-refractivity contribution is -0.122. The van der Waals surface area contributed by atoms with E-state index in [1.54, 1.807) is 0 Å². The van der Waals surface area contributed by atoms with Gasteiger partial charge in [-0.05, 0) is 37.1 Å². The Morgan fingerprint density at radius 3 is 3.00 bits per heavy atom. The molecule has 2 rings (SSSR count). The lowest BCUT2D eigenvalue weighted by Crippen LogP contribution is -2.42. The van der Waals surface area contributed by atoms with E-state index >= 15 is 0 Å². The maximum absolute atomic E-state index is 11.8. The van der Waals surface area contributed by atoms with Crippen LogP contribution in [-0.2, 0) is 11.3 Å². The molecule has 0 saturated carbocycles. The fraction of sp³-hybridized carbons (Fsp3) is 0.400. The molecular formula is C15H20BrN3O. The Kier molecular flexibility index (Phi) is 5.61. The Morgan fingerprint density at radius 1 is 1.45 bits per heavy atom. The zero-order chi connectivity index (χ0) is 14.4. The van der Waals surface area contributed by atoms with Crippen LogP contribution in [0.4, 0.5) is 0 Å². The first-order valence-corrected chi connectivity index (χ1v) is 7.61. The second-order valence-electron chi connectivity index (χ2n) is 4.95. The molecule has 0 unspecified atom stereocenters. The molecule has 1 fully saturated rings. The Hall–Kier alpha value is -1.33. The summed E-state index contributed by atoms with van der Waals surface area (Å²) in [5.74, 6) is 0.0629. The van der Waals surface area contributed by atoms with Crippen molar-refractivity contribution < 1.29 is 4.79 Å². The molecule has 5 heteroatoms. The number of carbonyl (C=O) groups is 1. The van der Waals surface area contributed by atoms with Crippen LogP contribution in [-0.4, -0.2) is 25.0 Å². The zero-order valence-corrected chi connectivity index (χ0v) is 13.0. The summed E-state index contributed by atoms with van der Waals surface area (Å²) in [6.07, 6.45) is 1.99. The third-order valence-electron chi connectivity index (χ3n) is 3.28. The van der Waals surface area contributed by atoms with Crippen molar-refractivity contribution in [2.45, 2.75) is 25.4 Å². The molecule has 1 aromatic carbocycles. The molecule has 20 heavy (non-hydrogen) atoms. The first-order valence-electron chi connectivity index (χ1n) is 6.82. The van der Waals surface area contributed by atoms with E-state index in [1.807, 2.05) is 18.2 Å². The van der Waals surface area contributed by atoms with E-state index < -0.39 is 0 Å². The molecule has 1 amide bonds. The predicted octanol–water partition coefficient (Wildman–Crippen LogP) is 1.92. The summed E-state index contributed by atoms with van der Waals surface area (Å²) < 4.78 is 1.06. The largest absolute Gasteiger partial charge is 0.383 e. The van der Waals surface area contributed by atoms with Crippen LogP contribution in [0.3, 0.4) is 0 Å². The number of benzene rings is 1. The van der Waals surface area contributed by atoms with Crippen molar-refractivity contribution in [3.8, 4) is 0 Å². The minimum atomic E-state index is -0.0344. The highest BCUT2D eigenvalue weighted by atomic mass is 79.9. The number of amides is 1. The first kappa shape index (κ1) is 15.1. The van der Waals surface area contributed by atoms with Gasteiger partial charge < -0.3 is 16.0 Å². The highest BCUT2D eigenvalue weighted by molar-refractivity contribution is 9.10. The molecule has 0 aliphatic carbocycles. The second kappa shape index (κ2) is 7.45. The summed E-state index contributed by atoms with van der Waals surface area (Å²) in [5.41, 5.74) is 1.99. The molecule has 1 aliphatic rings. The van der Waals surface area contributed by atoms with Gasteiger partial charge in [0.2, 0.25) is 5.91 Å². The van der Waals surface area contributed by atoms with Crippen LogP contribution in [0.25, 0.3) is 0 Å². The first-order chi connectivity index (χ1) is 9.65. The smallest absolute Gasteiger partial charge is 0.237 e. The maximum atomic E-state index is 11.8. The molecule has 108 valence electrons. The van der Waals surface area contributed by atoms with Gasteiger partial charge in [0.05, 0.1) is 12.6 Å². The van der Waals surface area contributed by atoms with Crippen molar-refractivity contribution in [2.75, 3.05) is 13.1 Å². The van der Waals surface area contributed by atoms with Gasteiger partial charge in [-0.1, -0.05) is 34.6 Å². The fourth-order valence-electron chi connectivity index (χ4n) is 2.16. The normalized spacial score (nSPS) is 17.8. The van der Waals surface area contributed by atoms with Gasteiger partial charge in [0.25, 0.3) is 0 Å². The third-order valence-corrected chi connectivity index (χ3v) is 3.78. The lowest BCUT2D eigenvalue weighted by atomic mass is 10.2. The number of hydrogen-bond donors (Lipinski definition) is 3. The summed E-state index contributed by atoms with van der Waals surface area (Å²) >= 11 is 3.44. The Morgan fingerprint density at radius 2 is 2.30 bits per heavy atom. The number of carbonyl (C=O) groups excluding carboxylic acids is 1. The molecule has 1 saturated heterocycles. The molecule has 1 atom stereocenters. The van der Waals surface area contributed by atoms with Crippen molar-refractivity contribution in [3.63, 3.8) is 0 Å². The van der Waals surface area contributed by atoms with Crippen molar-refractivity contribution >= 4 is 21.8 Å². The summed E-state index contributed by atoms with van der Waals surface area (Å²) in [7, 11) is 0. The second-order valence-corrected chi connectivity index (χ2v) is 5.87. The van der Waals surface area contributed by atoms with Crippen molar-refractivity contribution in [3.05, 3.63) is 46.6 Å². The van der Waals surface area contributed by atoms with E-state index in [9.17, 15) is 4.79 Å². The van der Waals surface area contributed by atoms with Crippen LogP contribution in [0, 0.1) is 0 Å². The number of halogens is 1. The van der Waals surface area contributed by atoms with Gasteiger partial charge in [-0.3, -0.25) is 4.79 Å². The molecule has 3 N–H and O–H groups in total. The molecule has 0 bridgehead atoms. The van der Waals surface area contributed by atoms with Gasteiger partial charge >= 0.3 is 0 Å². The van der Waals surface area contributed by atoms with Gasteiger partial charge in [-0.2, -0.15) is 0 Å². The van der Waals surface area contributed by atoms with Gasteiger partial charge in [0.1, 0.15) is 0 Å². The summed E-state index contributed by atoms with van der Waals surface area (Å²) in [6, 6.07) is 8.06. The Labute approximate surface area is 128 Å². The van der Waals surface area contributed by atoms with Gasteiger partial charge in [0.15, 0.2) is 0 Å². The van der Waals surface area contributed by atoms with E-state index in [2.05, 4.69) is 44.5 Å². The van der Waals surface area contributed by atoms with E-state index in [-0.39, 0.29) is 11.9 Å². The van der Waals surface area contributed by atoms with E-state index in [0.717, 1.165) is 29.6 Å². The third kappa shape index (κ3) is 4.65. The van der Waals surface area contributed by atoms with E-state index in [1.165, 1.54) is 5.56 Å². The zero-order valence-electron chi connectivity index (χ0n) is 11.4. The Balaban J connectivity index is 1.69. The molecule has 0 radical (unpaired) electrons. The highest BCUT2D eigenvalue weighted by Gasteiger charge is 2.21. The minimum Gasteiger partial charge on any atom is -0.383 e. The van der Waals surface area contributed by atoms with Crippen LogP contribution >= 0.6 is 15.9 Å². The topological polar surface area (TPSA) is 53.2 Å². The Bertz CT molecular complexity index is 484. The molecule has 1 heterocycles. The SMILES string of the molecule is C=C(CNC(=O)[C@@H]1CCCN1)NCc1cccc(Br)c1. The average molecular weight is 338 g/mol. The van der Waals surface area contributed by atoms with Crippen molar-refractivity contribution in [1.29, 1.82) is 0 Å². The molecule has 1 aromatic rings.